The third-order valence-corrected chi connectivity index (χ3v) is 2.56. The molecule has 18 heavy (non-hydrogen) atoms. The largest absolute Gasteiger partial charge is 0.481 e. The van der Waals surface area contributed by atoms with Crippen molar-refractivity contribution in [1.82, 2.24) is 5.32 Å². The lowest BCUT2D eigenvalue weighted by Crippen LogP contribution is -2.21. The molecule has 0 spiro atoms. The van der Waals surface area contributed by atoms with Crippen LogP contribution >= 0.6 is 0 Å². The molecule has 1 aromatic rings. The Balaban J connectivity index is 0.000000225. The van der Waals surface area contributed by atoms with Gasteiger partial charge < -0.3 is 10.4 Å². The highest BCUT2D eigenvalue weighted by Crippen LogP contribution is 2.09. The molecule has 1 saturated heterocycles. The van der Waals surface area contributed by atoms with Crippen molar-refractivity contribution < 1.29 is 18.7 Å². The molecule has 0 aliphatic carbocycles. The number of benzene rings is 1. The summed E-state index contributed by atoms with van der Waals surface area (Å²) in [6.45, 7) is 2.50. The molecule has 1 aliphatic rings. The molecule has 0 atom stereocenters. The fourth-order valence-corrected chi connectivity index (χ4v) is 1.63. The van der Waals surface area contributed by atoms with Gasteiger partial charge in [0.05, 0.1) is 6.42 Å². The number of rotatable bonds is 2. The maximum absolute atomic E-state index is 12.7. The van der Waals surface area contributed by atoms with E-state index in [0.717, 1.165) is 12.1 Å². The van der Waals surface area contributed by atoms with Gasteiger partial charge in [-0.05, 0) is 37.6 Å². The average Bonchev–Trinajstić information content (AvgIpc) is 2.35. The molecule has 0 amide bonds. The predicted molar refractivity (Wildman–Crippen MR) is 64.4 cm³/mol. The zero-order chi connectivity index (χ0) is 13.4. The van der Waals surface area contributed by atoms with E-state index >= 15 is 0 Å². The van der Waals surface area contributed by atoms with E-state index in [1.807, 2.05) is 0 Å². The van der Waals surface area contributed by atoms with Crippen molar-refractivity contribution in [3.63, 3.8) is 0 Å². The summed E-state index contributed by atoms with van der Waals surface area (Å²) in [6.07, 6.45) is 3.79. The topological polar surface area (TPSA) is 49.3 Å². The van der Waals surface area contributed by atoms with E-state index < -0.39 is 24.0 Å². The van der Waals surface area contributed by atoms with E-state index in [1.54, 1.807) is 0 Å². The van der Waals surface area contributed by atoms with E-state index in [1.165, 1.54) is 32.4 Å². The van der Waals surface area contributed by atoms with Crippen molar-refractivity contribution in [3.8, 4) is 0 Å². The van der Waals surface area contributed by atoms with Gasteiger partial charge in [-0.25, -0.2) is 8.78 Å². The molecule has 5 heteroatoms. The Morgan fingerprint density at radius 3 is 2.28 bits per heavy atom. The maximum Gasteiger partial charge on any atom is 0.307 e. The van der Waals surface area contributed by atoms with E-state index in [-0.39, 0.29) is 5.56 Å². The van der Waals surface area contributed by atoms with Crippen LogP contribution in [0.1, 0.15) is 24.8 Å². The highest BCUT2D eigenvalue weighted by atomic mass is 19.1. The molecule has 0 saturated carbocycles. The molecule has 1 fully saturated rings. The number of hydrogen-bond donors (Lipinski definition) is 2. The number of aliphatic carboxylic acids is 1. The summed E-state index contributed by atoms with van der Waals surface area (Å²) < 4.78 is 25.0. The van der Waals surface area contributed by atoms with Gasteiger partial charge in [0.25, 0.3) is 0 Å². The first-order valence-corrected chi connectivity index (χ1v) is 5.96. The SMILES string of the molecule is C1CCNCC1.O=C(O)Cc1ccc(F)cc1F. The minimum atomic E-state index is -1.14. The van der Waals surface area contributed by atoms with Crippen LogP contribution in [0.3, 0.4) is 0 Å². The molecule has 0 aromatic heterocycles. The van der Waals surface area contributed by atoms with Crippen molar-refractivity contribution in [2.75, 3.05) is 13.1 Å². The Hall–Kier alpha value is -1.49. The zero-order valence-corrected chi connectivity index (χ0v) is 10.1. The highest BCUT2D eigenvalue weighted by molar-refractivity contribution is 5.70. The fraction of sp³-hybridized carbons (Fsp3) is 0.462. The average molecular weight is 257 g/mol. The van der Waals surface area contributed by atoms with E-state index in [4.69, 9.17) is 5.11 Å². The Kier molecular flexibility index (Phi) is 6.28. The van der Waals surface area contributed by atoms with Gasteiger partial charge in [0.1, 0.15) is 11.6 Å². The standard InChI is InChI=1S/C8H6F2O2.C5H11N/c9-6-2-1-5(3-8(11)12)7(10)4-6;1-2-4-6-5-3-1/h1-2,4H,3H2,(H,11,12);6H,1-5H2. The lowest BCUT2D eigenvalue weighted by atomic mass is 10.1. The van der Waals surface area contributed by atoms with E-state index in [2.05, 4.69) is 5.32 Å². The minimum Gasteiger partial charge on any atom is -0.481 e. The first-order valence-electron chi connectivity index (χ1n) is 5.96. The van der Waals surface area contributed by atoms with Crippen molar-refractivity contribution in [2.45, 2.75) is 25.7 Å². The zero-order valence-electron chi connectivity index (χ0n) is 10.1. The van der Waals surface area contributed by atoms with Gasteiger partial charge >= 0.3 is 5.97 Å². The fourth-order valence-electron chi connectivity index (χ4n) is 1.63. The summed E-state index contributed by atoms with van der Waals surface area (Å²) in [5.74, 6) is -2.67. The van der Waals surface area contributed by atoms with Gasteiger partial charge in [-0.15, -0.1) is 0 Å². The van der Waals surface area contributed by atoms with Gasteiger partial charge in [-0.2, -0.15) is 0 Å². The first-order chi connectivity index (χ1) is 8.59. The van der Waals surface area contributed by atoms with Crippen LogP contribution in [-0.4, -0.2) is 24.2 Å². The van der Waals surface area contributed by atoms with Crippen LogP contribution in [0, 0.1) is 11.6 Å². The number of hydrogen-bond acceptors (Lipinski definition) is 2. The maximum atomic E-state index is 12.7. The second-order valence-electron chi connectivity index (χ2n) is 4.12. The number of piperidine rings is 1. The van der Waals surface area contributed by atoms with Crippen molar-refractivity contribution in [1.29, 1.82) is 0 Å². The number of carboxylic acids is 1. The monoisotopic (exact) mass is 257 g/mol. The third-order valence-electron chi connectivity index (χ3n) is 2.56. The number of carbonyl (C=O) groups is 1. The van der Waals surface area contributed by atoms with Crippen molar-refractivity contribution in [2.24, 2.45) is 0 Å². The lowest BCUT2D eigenvalue weighted by Gasteiger charge is -2.08. The molecular weight excluding hydrogens is 240 g/mol. The second kappa shape index (κ2) is 7.76. The van der Waals surface area contributed by atoms with Crippen LogP contribution < -0.4 is 5.32 Å². The Morgan fingerprint density at radius 1 is 1.22 bits per heavy atom. The summed E-state index contributed by atoms with van der Waals surface area (Å²) in [4.78, 5) is 10.1. The molecule has 0 unspecified atom stereocenters. The summed E-state index contributed by atoms with van der Waals surface area (Å²) in [6, 6.07) is 2.82. The second-order valence-corrected chi connectivity index (χ2v) is 4.12. The van der Waals surface area contributed by atoms with Crippen molar-refractivity contribution >= 4 is 5.97 Å². The van der Waals surface area contributed by atoms with Crippen LogP contribution in [-0.2, 0) is 11.2 Å². The van der Waals surface area contributed by atoms with Gasteiger partial charge in [-0.1, -0.05) is 12.5 Å². The lowest BCUT2D eigenvalue weighted by molar-refractivity contribution is -0.136. The van der Waals surface area contributed by atoms with Crippen LogP contribution in [0.15, 0.2) is 18.2 Å². The van der Waals surface area contributed by atoms with Crippen LogP contribution in [0.25, 0.3) is 0 Å². The molecule has 1 aromatic carbocycles. The molecule has 1 aliphatic heterocycles. The Bertz CT molecular complexity index is 381. The number of nitrogens with one attached hydrogen (secondary N) is 1. The third kappa shape index (κ3) is 5.72. The summed E-state index contributed by atoms with van der Waals surface area (Å²) in [5.41, 5.74) is -0.0103. The molecular formula is C13H17F2NO2. The number of carboxylic acid groups (broad SMARTS) is 1. The van der Waals surface area contributed by atoms with Crippen LogP contribution in [0.4, 0.5) is 8.78 Å². The molecule has 0 bridgehead atoms. The van der Waals surface area contributed by atoms with Gasteiger partial charge in [-0.3, -0.25) is 4.79 Å². The first kappa shape index (κ1) is 14.6. The Morgan fingerprint density at radius 2 is 1.89 bits per heavy atom. The normalized spacial score (nSPS) is 14.6. The molecule has 0 radical (unpaired) electrons. The predicted octanol–water partition coefficient (Wildman–Crippen LogP) is 2.35. The van der Waals surface area contributed by atoms with Gasteiger partial charge in [0.15, 0.2) is 0 Å². The van der Waals surface area contributed by atoms with Gasteiger partial charge in [0.2, 0.25) is 0 Å². The highest BCUT2D eigenvalue weighted by Gasteiger charge is 2.06. The van der Waals surface area contributed by atoms with E-state index in [9.17, 15) is 13.6 Å². The summed E-state index contributed by atoms with van der Waals surface area (Å²) in [7, 11) is 0. The Labute approximate surface area is 105 Å². The number of halogens is 2. The molecule has 3 nitrogen and oxygen atoms in total. The quantitative estimate of drug-likeness (QED) is 0.855. The molecule has 2 N–H and O–H groups in total. The van der Waals surface area contributed by atoms with Gasteiger partial charge in [0, 0.05) is 6.07 Å². The molecule has 1 heterocycles. The summed E-state index contributed by atoms with van der Waals surface area (Å²) in [5, 5.41) is 11.6. The van der Waals surface area contributed by atoms with Crippen LogP contribution in [0.2, 0.25) is 0 Å². The van der Waals surface area contributed by atoms with Crippen LogP contribution in [0.5, 0.6) is 0 Å². The molecule has 100 valence electrons. The summed E-state index contributed by atoms with van der Waals surface area (Å²) >= 11 is 0. The van der Waals surface area contributed by atoms with E-state index in [0.29, 0.717) is 6.07 Å². The minimum absolute atomic E-state index is 0.0103. The smallest absolute Gasteiger partial charge is 0.307 e. The van der Waals surface area contributed by atoms with Crippen molar-refractivity contribution in [3.05, 3.63) is 35.4 Å². The molecule has 2 rings (SSSR count).